The molecule has 96 valence electrons. The summed E-state index contributed by atoms with van der Waals surface area (Å²) < 4.78 is 5.67. The maximum Gasteiger partial charge on any atom is 0.197 e. The fraction of sp³-hybridized carbons (Fsp3) is 0.133. The summed E-state index contributed by atoms with van der Waals surface area (Å²) in [7, 11) is 0. The summed E-state index contributed by atoms with van der Waals surface area (Å²) in [4.78, 5) is 12.5. The normalized spacial score (nSPS) is 13.2. The van der Waals surface area contributed by atoms with Crippen LogP contribution >= 0.6 is 0 Å². The minimum absolute atomic E-state index is 0.0390. The highest BCUT2D eigenvalue weighted by atomic mass is 16.5. The second-order valence-corrected chi connectivity index (χ2v) is 4.44. The average molecular weight is 255 g/mol. The molecule has 4 nitrogen and oxygen atoms in total. The molecule has 2 aromatic rings. The van der Waals surface area contributed by atoms with Gasteiger partial charge >= 0.3 is 0 Å². The second-order valence-electron chi connectivity index (χ2n) is 4.44. The van der Waals surface area contributed by atoms with E-state index in [9.17, 15) is 4.79 Å². The van der Waals surface area contributed by atoms with Crippen LogP contribution in [0.5, 0.6) is 5.75 Å². The Morgan fingerprint density at radius 2 is 2.00 bits per heavy atom. The summed E-state index contributed by atoms with van der Waals surface area (Å²) in [5.41, 5.74) is 5.03. The Hall–Kier alpha value is -2.17. The highest BCUT2D eigenvalue weighted by molar-refractivity contribution is 6.12. The number of carbonyl (C=O) groups excluding carboxylic acids is 1. The number of hydrogen-bond acceptors (Lipinski definition) is 4. The van der Waals surface area contributed by atoms with Crippen LogP contribution in [0.25, 0.3) is 0 Å². The van der Waals surface area contributed by atoms with Crippen molar-refractivity contribution in [3.8, 4) is 5.75 Å². The third-order valence-corrected chi connectivity index (χ3v) is 3.22. The molecule has 0 unspecified atom stereocenters. The van der Waals surface area contributed by atoms with Gasteiger partial charge in [0.05, 0.1) is 5.56 Å². The van der Waals surface area contributed by atoms with Crippen molar-refractivity contribution in [1.82, 2.24) is 5.48 Å². The van der Waals surface area contributed by atoms with Crippen LogP contribution < -0.4 is 10.2 Å². The first kappa shape index (κ1) is 11.9. The monoisotopic (exact) mass is 255 g/mol. The first-order valence-electron chi connectivity index (χ1n) is 6.05. The highest BCUT2D eigenvalue weighted by Gasteiger charge is 2.21. The van der Waals surface area contributed by atoms with Gasteiger partial charge in [-0.2, -0.15) is 0 Å². The molecule has 1 aliphatic rings. The number of hydroxylamine groups is 1. The molecule has 2 N–H and O–H groups in total. The van der Waals surface area contributed by atoms with Crippen molar-refractivity contribution in [1.29, 1.82) is 0 Å². The smallest absolute Gasteiger partial charge is 0.197 e. The predicted octanol–water partition coefficient (Wildman–Crippen LogP) is 2.29. The summed E-state index contributed by atoms with van der Waals surface area (Å²) in [6, 6.07) is 12.8. The zero-order valence-corrected chi connectivity index (χ0v) is 10.2. The number of hydrogen-bond donors (Lipinski definition) is 2. The van der Waals surface area contributed by atoms with Crippen LogP contribution in [-0.2, 0) is 13.2 Å². The minimum atomic E-state index is -0.0390. The number of rotatable bonds is 2. The van der Waals surface area contributed by atoms with Gasteiger partial charge in [-0.1, -0.05) is 30.3 Å². The van der Waals surface area contributed by atoms with Crippen LogP contribution in [0.2, 0.25) is 0 Å². The van der Waals surface area contributed by atoms with Crippen molar-refractivity contribution in [3.63, 3.8) is 0 Å². The van der Waals surface area contributed by atoms with Gasteiger partial charge in [0.1, 0.15) is 12.4 Å². The first-order chi connectivity index (χ1) is 9.29. The van der Waals surface area contributed by atoms with E-state index in [-0.39, 0.29) is 5.78 Å². The van der Waals surface area contributed by atoms with Crippen molar-refractivity contribution in [2.75, 3.05) is 0 Å². The fourth-order valence-electron chi connectivity index (χ4n) is 2.25. The summed E-state index contributed by atoms with van der Waals surface area (Å²) in [6.45, 7) is 0.689. The van der Waals surface area contributed by atoms with Crippen LogP contribution in [0.4, 0.5) is 0 Å². The number of nitrogens with one attached hydrogen (secondary N) is 1. The van der Waals surface area contributed by atoms with Gasteiger partial charge in [0, 0.05) is 17.7 Å². The van der Waals surface area contributed by atoms with Crippen LogP contribution in [0.1, 0.15) is 27.0 Å². The first-order valence-corrected chi connectivity index (χ1v) is 6.05. The zero-order valence-electron chi connectivity index (χ0n) is 10.2. The van der Waals surface area contributed by atoms with Crippen molar-refractivity contribution in [3.05, 3.63) is 64.7 Å². The minimum Gasteiger partial charge on any atom is -0.488 e. The second kappa shape index (κ2) is 4.84. The third-order valence-electron chi connectivity index (χ3n) is 3.22. The average Bonchev–Trinajstić information content (AvgIpc) is 2.58. The number of carbonyl (C=O) groups is 1. The van der Waals surface area contributed by atoms with Crippen molar-refractivity contribution in [2.24, 2.45) is 0 Å². The third kappa shape index (κ3) is 2.12. The number of ketones is 1. The zero-order chi connectivity index (χ0) is 13.2. The molecule has 0 fully saturated rings. The molecule has 1 aliphatic heterocycles. The SMILES string of the molecule is O=C1c2ccccc2COc2ccc(CNO)cc21. The van der Waals surface area contributed by atoms with E-state index in [2.05, 4.69) is 5.48 Å². The molecule has 0 aromatic heterocycles. The van der Waals surface area contributed by atoms with E-state index in [0.29, 0.717) is 30.0 Å². The van der Waals surface area contributed by atoms with Gasteiger partial charge < -0.3 is 9.94 Å². The van der Waals surface area contributed by atoms with Gasteiger partial charge in [-0.25, -0.2) is 5.48 Å². The van der Waals surface area contributed by atoms with Gasteiger partial charge in [0.2, 0.25) is 0 Å². The Balaban J connectivity index is 2.10. The Kier molecular flexibility index (Phi) is 3.03. The molecule has 19 heavy (non-hydrogen) atoms. The Morgan fingerprint density at radius 1 is 1.16 bits per heavy atom. The molecule has 1 heterocycles. The molecule has 0 spiro atoms. The van der Waals surface area contributed by atoms with E-state index in [0.717, 1.165) is 11.1 Å². The van der Waals surface area contributed by atoms with Crippen molar-refractivity contribution >= 4 is 5.78 Å². The van der Waals surface area contributed by atoms with Crippen LogP contribution in [0.3, 0.4) is 0 Å². The fourth-order valence-corrected chi connectivity index (χ4v) is 2.25. The summed E-state index contributed by atoms with van der Waals surface area (Å²) in [6.07, 6.45) is 0. The molecule has 4 heteroatoms. The Labute approximate surface area is 110 Å². The van der Waals surface area contributed by atoms with E-state index in [4.69, 9.17) is 9.94 Å². The Morgan fingerprint density at radius 3 is 2.84 bits per heavy atom. The quantitative estimate of drug-likeness (QED) is 0.808. The van der Waals surface area contributed by atoms with E-state index in [1.165, 1.54) is 0 Å². The predicted molar refractivity (Wildman–Crippen MR) is 69.3 cm³/mol. The van der Waals surface area contributed by atoms with E-state index in [1.807, 2.05) is 30.3 Å². The van der Waals surface area contributed by atoms with E-state index < -0.39 is 0 Å². The molecular weight excluding hydrogens is 242 g/mol. The highest BCUT2D eigenvalue weighted by Crippen LogP contribution is 2.29. The molecule has 0 saturated heterocycles. The largest absolute Gasteiger partial charge is 0.488 e. The molecule has 0 amide bonds. The molecule has 0 aliphatic carbocycles. The number of benzene rings is 2. The van der Waals surface area contributed by atoms with Gasteiger partial charge in [-0.3, -0.25) is 4.79 Å². The van der Waals surface area contributed by atoms with Gasteiger partial charge in [-0.05, 0) is 17.7 Å². The lowest BCUT2D eigenvalue weighted by molar-refractivity contribution is 0.103. The maximum absolute atomic E-state index is 12.5. The summed E-state index contributed by atoms with van der Waals surface area (Å²) in [5, 5.41) is 8.74. The topological polar surface area (TPSA) is 58.6 Å². The van der Waals surface area contributed by atoms with Crippen LogP contribution in [0.15, 0.2) is 42.5 Å². The molecule has 0 saturated carbocycles. The van der Waals surface area contributed by atoms with Crippen molar-refractivity contribution < 1.29 is 14.7 Å². The molecule has 0 radical (unpaired) electrons. The van der Waals surface area contributed by atoms with Gasteiger partial charge in [0.25, 0.3) is 0 Å². The lowest BCUT2D eigenvalue weighted by atomic mass is 9.98. The van der Waals surface area contributed by atoms with Crippen molar-refractivity contribution in [2.45, 2.75) is 13.2 Å². The number of ether oxygens (including phenoxy) is 1. The molecule has 2 aromatic carbocycles. The lowest BCUT2D eigenvalue weighted by Crippen LogP contribution is -2.08. The van der Waals surface area contributed by atoms with Crippen LogP contribution in [0, 0.1) is 0 Å². The molecule has 0 atom stereocenters. The van der Waals surface area contributed by atoms with Crippen LogP contribution in [-0.4, -0.2) is 11.0 Å². The summed E-state index contributed by atoms with van der Waals surface area (Å²) >= 11 is 0. The molecule has 0 bridgehead atoms. The van der Waals surface area contributed by atoms with E-state index in [1.54, 1.807) is 12.1 Å². The van der Waals surface area contributed by atoms with E-state index >= 15 is 0 Å². The van der Waals surface area contributed by atoms with Gasteiger partial charge in [-0.15, -0.1) is 0 Å². The van der Waals surface area contributed by atoms with Gasteiger partial charge in [0.15, 0.2) is 5.78 Å². The Bertz CT molecular complexity index is 637. The number of fused-ring (bicyclic) bond motifs is 2. The standard InChI is InChI=1S/C15H13NO3/c17-15-12-4-2-1-3-11(12)9-19-14-6-5-10(8-16-18)7-13(14)15/h1-7,16,18H,8-9H2. The lowest BCUT2D eigenvalue weighted by Gasteiger charge is -2.08. The molecule has 3 rings (SSSR count). The summed E-state index contributed by atoms with van der Waals surface area (Å²) in [5.74, 6) is 0.547. The maximum atomic E-state index is 12.5. The molecular formula is C15H13NO3.